The number of carbonyl (C=O) groups is 2. The van der Waals surface area contributed by atoms with Gasteiger partial charge in [-0.2, -0.15) is 0 Å². The molecule has 1 fully saturated rings. The fraction of sp³-hybridized carbons (Fsp3) is 0.0833. The first-order valence-corrected chi connectivity index (χ1v) is 11.7. The lowest BCUT2D eigenvalue weighted by molar-refractivity contribution is -0.123. The van der Waals surface area contributed by atoms with Gasteiger partial charge in [-0.1, -0.05) is 48.0 Å². The van der Waals surface area contributed by atoms with Gasteiger partial charge >= 0.3 is 0 Å². The summed E-state index contributed by atoms with van der Waals surface area (Å²) < 4.78 is 6.90. The molecule has 31 heavy (non-hydrogen) atoms. The molecule has 0 N–H and O–H groups in total. The van der Waals surface area contributed by atoms with E-state index < -0.39 is 0 Å². The number of hydrogen-bond donors (Lipinski definition) is 0. The van der Waals surface area contributed by atoms with E-state index in [2.05, 4.69) is 22.6 Å². The van der Waals surface area contributed by atoms with E-state index >= 15 is 0 Å². The van der Waals surface area contributed by atoms with Crippen molar-refractivity contribution in [1.29, 1.82) is 0 Å². The van der Waals surface area contributed by atoms with E-state index in [-0.39, 0.29) is 17.7 Å². The van der Waals surface area contributed by atoms with Gasteiger partial charge in [-0.25, -0.2) is 0 Å². The third kappa shape index (κ3) is 5.70. The van der Waals surface area contributed by atoms with Crippen LogP contribution in [0.2, 0.25) is 5.02 Å². The van der Waals surface area contributed by atoms with E-state index in [1.807, 2.05) is 72.8 Å². The maximum atomic E-state index is 12.7. The number of halogens is 2. The maximum absolute atomic E-state index is 12.7. The summed E-state index contributed by atoms with van der Waals surface area (Å²) in [5, 5.41) is 0.439. The Kier molecular flexibility index (Phi) is 6.99. The second-order valence-corrected chi connectivity index (χ2v) is 9.55. The molecule has 3 aromatic carbocycles. The number of ether oxygens (including phenoxy) is 1. The lowest BCUT2D eigenvalue weighted by atomic mass is 10.2. The van der Waals surface area contributed by atoms with Gasteiger partial charge in [-0.15, -0.1) is 0 Å². The van der Waals surface area contributed by atoms with Gasteiger partial charge in [0.2, 0.25) is 0 Å². The van der Waals surface area contributed by atoms with Crippen LogP contribution in [0.1, 0.15) is 16.7 Å². The summed E-state index contributed by atoms with van der Waals surface area (Å²) in [6.07, 6.45) is 1.74. The van der Waals surface area contributed by atoms with Crippen LogP contribution in [0.25, 0.3) is 6.08 Å². The third-order valence-electron chi connectivity index (χ3n) is 4.62. The summed E-state index contributed by atoms with van der Waals surface area (Å²) in [7, 11) is 0. The lowest BCUT2D eigenvalue weighted by Crippen LogP contribution is -2.27. The highest BCUT2D eigenvalue weighted by molar-refractivity contribution is 14.1. The van der Waals surface area contributed by atoms with Crippen LogP contribution < -0.4 is 4.74 Å². The fourth-order valence-electron chi connectivity index (χ4n) is 2.97. The highest BCUT2D eigenvalue weighted by atomic mass is 127. The molecule has 4 nitrogen and oxygen atoms in total. The summed E-state index contributed by atoms with van der Waals surface area (Å²) in [6, 6.07) is 22.7. The van der Waals surface area contributed by atoms with Gasteiger partial charge in [0, 0.05) is 8.59 Å². The third-order valence-corrected chi connectivity index (χ3v) is 6.50. The average Bonchev–Trinajstić information content (AvgIpc) is 3.03. The number of thioether (sulfide) groups is 1. The molecule has 1 aliphatic heterocycles. The number of carbonyl (C=O) groups excluding carboxylic acids is 2. The standard InChI is InChI=1S/C24H17ClINO3S/c25-19-7-1-18(2-8-19)15-30-21-11-5-16(6-12-21)13-22-23(28)27(24(29)31-22)14-17-3-9-20(26)10-4-17/h1-13H,14-15H2/b22-13-. The minimum absolute atomic E-state index is 0.252. The van der Waals surface area contributed by atoms with Gasteiger partial charge < -0.3 is 4.74 Å². The number of hydrogen-bond acceptors (Lipinski definition) is 4. The molecule has 1 heterocycles. The molecular weight excluding hydrogens is 545 g/mol. The van der Waals surface area contributed by atoms with Crippen LogP contribution in [-0.2, 0) is 17.9 Å². The Labute approximate surface area is 203 Å². The first-order chi connectivity index (χ1) is 15.0. The fourth-order valence-corrected chi connectivity index (χ4v) is 4.29. The Morgan fingerprint density at radius 3 is 2.23 bits per heavy atom. The molecule has 3 aromatic rings. The lowest BCUT2D eigenvalue weighted by Gasteiger charge is -2.12. The average molecular weight is 562 g/mol. The summed E-state index contributed by atoms with van der Waals surface area (Å²) in [5.74, 6) is 0.454. The number of benzene rings is 3. The minimum Gasteiger partial charge on any atom is -0.489 e. The van der Waals surface area contributed by atoms with Gasteiger partial charge in [-0.3, -0.25) is 14.5 Å². The Morgan fingerprint density at radius 2 is 1.55 bits per heavy atom. The van der Waals surface area contributed by atoms with Crippen LogP contribution in [0.4, 0.5) is 4.79 Å². The van der Waals surface area contributed by atoms with E-state index in [4.69, 9.17) is 16.3 Å². The zero-order valence-corrected chi connectivity index (χ0v) is 20.0. The first kappa shape index (κ1) is 21.9. The highest BCUT2D eigenvalue weighted by Gasteiger charge is 2.34. The maximum Gasteiger partial charge on any atom is 0.293 e. The molecule has 0 unspecified atom stereocenters. The van der Waals surface area contributed by atoms with Crippen LogP contribution in [-0.4, -0.2) is 16.0 Å². The van der Waals surface area contributed by atoms with Crippen molar-refractivity contribution in [2.24, 2.45) is 0 Å². The van der Waals surface area contributed by atoms with Gasteiger partial charge in [-0.05, 0) is 93.5 Å². The first-order valence-electron chi connectivity index (χ1n) is 9.45. The molecule has 156 valence electrons. The number of amides is 2. The molecule has 0 aromatic heterocycles. The normalized spacial score (nSPS) is 15.0. The van der Waals surface area contributed by atoms with Gasteiger partial charge in [0.05, 0.1) is 11.4 Å². The van der Waals surface area contributed by atoms with E-state index in [9.17, 15) is 9.59 Å². The summed E-state index contributed by atoms with van der Waals surface area (Å²) in [5.41, 5.74) is 2.78. The molecule has 1 saturated heterocycles. The topological polar surface area (TPSA) is 46.6 Å². The summed E-state index contributed by atoms with van der Waals surface area (Å²) in [6.45, 7) is 0.713. The van der Waals surface area contributed by atoms with Gasteiger partial charge in [0.15, 0.2) is 0 Å². The molecule has 0 atom stereocenters. The predicted octanol–water partition coefficient (Wildman–Crippen LogP) is 6.76. The summed E-state index contributed by atoms with van der Waals surface area (Å²) in [4.78, 5) is 26.8. The van der Waals surface area contributed by atoms with Crippen molar-refractivity contribution in [1.82, 2.24) is 4.90 Å². The Balaban J connectivity index is 1.39. The molecule has 0 bridgehead atoms. The van der Waals surface area contributed by atoms with E-state index in [1.165, 1.54) is 4.90 Å². The van der Waals surface area contributed by atoms with Crippen molar-refractivity contribution < 1.29 is 14.3 Å². The van der Waals surface area contributed by atoms with Crippen molar-refractivity contribution >= 4 is 63.2 Å². The smallest absolute Gasteiger partial charge is 0.293 e. The number of nitrogens with zero attached hydrogens (tertiary/aromatic N) is 1. The van der Waals surface area contributed by atoms with Crippen molar-refractivity contribution in [2.75, 3.05) is 0 Å². The molecular formula is C24H17ClINO3S. The van der Waals surface area contributed by atoms with Gasteiger partial charge in [0.25, 0.3) is 11.1 Å². The van der Waals surface area contributed by atoms with Crippen LogP contribution in [0.3, 0.4) is 0 Å². The molecule has 0 radical (unpaired) electrons. The Bertz CT molecular complexity index is 1130. The Morgan fingerprint density at radius 1 is 0.903 bits per heavy atom. The largest absolute Gasteiger partial charge is 0.489 e. The number of imide groups is 1. The highest BCUT2D eigenvalue weighted by Crippen LogP contribution is 2.33. The second-order valence-electron chi connectivity index (χ2n) is 6.88. The van der Waals surface area contributed by atoms with E-state index in [0.29, 0.717) is 16.5 Å². The summed E-state index contributed by atoms with van der Waals surface area (Å²) >= 11 is 9.08. The molecule has 0 aliphatic carbocycles. The predicted molar refractivity (Wildman–Crippen MR) is 133 cm³/mol. The van der Waals surface area contributed by atoms with Crippen molar-refractivity contribution in [3.8, 4) is 5.75 Å². The van der Waals surface area contributed by atoms with Crippen LogP contribution in [0.5, 0.6) is 5.75 Å². The minimum atomic E-state index is -0.267. The Hall–Kier alpha value is -2.29. The van der Waals surface area contributed by atoms with Crippen molar-refractivity contribution in [3.05, 3.63) is 103 Å². The molecule has 2 amide bonds. The van der Waals surface area contributed by atoms with E-state index in [0.717, 1.165) is 37.8 Å². The molecule has 0 saturated carbocycles. The number of rotatable bonds is 6. The molecule has 4 rings (SSSR count). The second kappa shape index (κ2) is 9.89. The van der Waals surface area contributed by atoms with E-state index in [1.54, 1.807) is 6.08 Å². The quantitative estimate of drug-likeness (QED) is 0.246. The monoisotopic (exact) mass is 561 g/mol. The molecule has 0 spiro atoms. The molecule has 7 heteroatoms. The zero-order valence-electron chi connectivity index (χ0n) is 16.3. The molecule has 1 aliphatic rings. The van der Waals surface area contributed by atoms with Crippen molar-refractivity contribution in [3.63, 3.8) is 0 Å². The SMILES string of the molecule is O=C1S/C(=C\c2ccc(OCc3ccc(Cl)cc3)cc2)C(=O)N1Cc1ccc(I)cc1. The van der Waals surface area contributed by atoms with Crippen LogP contribution >= 0.6 is 46.0 Å². The van der Waals surface area contributed by atoms with Crippen LogP contribution in [0.15, 0.2) is 77.7 Å². The zero-order chi connectivity index (χ0) is 21.8. The van der Waals surface area contributed by atoms with Crippen LogP contribution in [0, 0.1) is 3.57 Å². The van der Waals surface area contributed by atoms with Gasteiger partial charge in [0.1, 0.15) is 12.4 Å². The van der Waals surface area contributed by atoms with Crippen molar-refractivity contribution in [2.45, 2.75) is 13.2 Å².